The van der Waals surface area contributed by atoms with Gasteiger partial charge in [0.2, 0.25) is 10.0 Å². The van der Waals surface area contributed by atoms with E-state index in [1.165, 1.54) is 0 Å². The molecule has 2 N–H and O–H groups in total. The highest BCUT2D eigenvalue weighted by Gasteiger charge is 2.24. The van der Waals surface area contributed by atoms with Gasteiger partial charge in [-0.2, -0.15) is 0 Å². The second-order valence-corrected chi connectivity index (χ2v) is 7.30. The van der Waals surface area contributed by atoms with Crippen LogP contribution in [0.2, 0.25) is 0 Å². The van der Waals surface area contributed by atoms with Crippen molar-refractivity contribution in [3.63, 3.8) is 0 Å². The summed E-state index contributed by atoms with van der Waals surface area (Å²) in [7, 11) is -4.08. The number of aromatic carboxylic acids is 1. The van der Waals surface area contributed by atoms with Gasteiger partial charge in [-0.25, -0.2) is 22.3 Å². The first-order chi connectivity index (χ1) is 9.15. The van der Waals surface area contributed by atoms with Gasteiger partial charge in [-0.05, 0) is 24.5 Å². The Balaban J connectivity index is 3.15. The van der Waals surface area contributed by atoms with E-state index in [0.717, 1.165) is 12.1 Å². The average molecular weight is 368 g/mol. The zero-order chi connectivity index (χ0) is 15.5. The minimum absolute atomic E-state index is 0.161. The molecule has 112 valence electrons. The highest BCUT2D eigenvalue weighted by atomic mass is 79.9. The second-order valence-electron chi connectivity index (χ2n) is 4.65. The number of benzene rings is 1. The summed E-state index contributed by atoms with van der Waals surface area (Å²) in [5, 5.41) is 8.85. The zero-order valence-corrected chi connectivity index (χ0v) is 13.4. The predicted octanol–water partition coefficient (Wildman–Crippen LogP) is 2.61. The van der Waals surface area contributed by atoms with Crippen molar-refractivity contribution in [2.24, 2.45) is 5.92 Å². The molecule has 0 amide bonds. The van der Waals surface area contributed by atoms with Crippen LogP contribution in [-0.4, -0.2) is 26.0 Å². The van der Waals surface area contributed by atoms with Crippen LogP contribution in [0.5, 0.6) is 0 Å². The van der Waals surface area contributed by atoms with E-state index in [1.807, 2.05) is 13.8 Å². The molecular formula is C12H15BrFNO4S. The second kappa shape index (κ2) is 6.64. The summed E-state index contributed by atoms with van der Waals surface area (Å²) in [6.45, 7) is 4.02. The molecule has 0 fully saturated rings. The molecule has 1 aromatic rings. The molecule has 0 spiro atoms. The number of rotatable bonds is 6. The van der Waals surface area contributed by atoms with E-state index < -0.39 is 32.3 Å². The van der Waals surface area contributed by atoms with E-state index in [1.54, 1.807) is 0 Å². The van der Waals surface area contributed by atoms with Gasteiger partial charge in [0.25, 0.3) is 0 Å². The van der Waals surface area contributed by atoms with Gasteiger partial charge in [0.1, 0.15) is 4.90 Å². The fourth-order valence-electron chi connectivity index (χ4n) is 1.48. The largest absolute Gasteiger partial charge is 0.478 e. The van der Waals surface area contributed by atoms with Gasteiger partial charge in [-0.15, -0.1) is 0 Å². The molecule has 8 heteroatoms. The molecule has 0 heterocycles. The molecule has 20 heavy (non-hydrogen) atoms. The smallest absolute Gasteiger partial charge is 0.338 e. The summed E-state index contributed by atoms with van der Waals surface area (Å²) in [5.41, 5.74) is -0.691. The fraction of sp³-hybridized carbons (Fsp3) is 0.417. The van der Waals surface area contributed by atoms with Gasteiger partial charge in [0.15, 0.2) is 5.82 Å². The summed E-state index contributed by atoms with van der Waals surface area (Å²) in [5.74, 6) is -2.50. The van der Waals surface area contributed by atoms with Crippen LogP contribution in [0.1, 0.15) is 30.6 Å². The number of hydrogen-bond donors (Lipinski definition) is 2. The first-order valence-electron chi connectivity index (χ1n) is 5.87. The van der Waals surface area contributed by atoms with Crippen molar-refractivity contribution < 1.29 is 22.7 Å². The Morgan fingerprint density at radius 3 is 2.55 bits per heavy atom. The predicted molar refractivity (Wildman–Crippen MR) is 75.7 cm³/mol. The molecule has 0 aliphatic rings. The Hall–Kier alpha value is -0.990. The summed E-state index contributed by atoms with van der Waals surface area (Å²) in [4.78, 5) is 10.2. The first-order valence-corrected chi connectivity index (χ1v) is 8.14. The van der Waals surface area contributed by atoms with E-state index in [4.69, 9.17) is 5.11 Å². The van der Waals surface area contributed by atoms with E-state index in [-0.39, 0.29) is 11.0 Å². The van der Waals surface area contributed by atoms with E-state index in [2.05, 4.69) is 20.7 Å². The molecule has 0 radical (unpaired) electrons. The van der Waals surface area contributed by atoms with E-state index in [0.29, 0.717) is 12.3 Å². The summed E-state index contributed by atoms with van der Waals surface area (Å²) in [6, 6.07) is 2.06. The molecule has 0 saturated carbocycles. The maximum Gasteiger partial charge on any atom is 0.338 e. The number of nitrogens with one attached hydrogen (secondary N) is 1. The molecule has 0 aliphatic heterocycles. The molecule has 1 aromatic carbocycles. The summed E-state index contributed by atoms with van der Waals surface area (Å²) in [6.07, 6.45) is 0.598. The third-order valence-corrected chi connectivity index (χ3v) is 4.46. The van der Waals surface area contributed by atoms with Crippen LogP contribution in [0, 0.1) is 11.7 Å². The van der Waals surface area contributed by atoms with Crippen LogP contribution < -0.4 is 4.72 Å². The molecule has 0 unspecified atom stereocenters. The van der Waals surface area contributed by atoms with Gasteiger partial charge in [0, 0.05) is 11.0 Å². The van der Waals surface area contributed by atoms with Crippen LogP contribution in [0.4, 0.5) is 4.39 Å². The van der Waals surface area contributed by atoms with E-state index >= 15 is 0 Å². The van der Waals surface area contributed by atoms with Crippen molar-refractivity contribution in [1.82, 2.24) is 4.72 Å². The van der Waals surface area contributed by atoms with Gasteiger partial charge in [-0.3, -0.25) is 0 Å². The van der Waals surface area contributed by atoms with Crippen molar-refractivity contribution in [2.75, 3.05) is 6.54 Å². The molecule has 0 atom stereocenters. The third kappa shape index (κ3) is 4.26. The van der Waals surface area contributed by atoms with Crippen LogP contribution in [-0.2, 0) is 10.0 Å². The number of hydrogen-bond acceptors (Lipinski definition) is 3. The minimum Gasteiger partial charge on any atom is -0.478 e. The SMILES string of the molecule is CC(C)CCNS(=O)(=O)c1cc(Br)cc(C(=O)O)c1F. The van der Waals surface area contributed by atoms with Crippen molar-refractivity contribution >= 4 is 31.9 Å². The Morgan fingerprint density at radius 1 is 1.45 bits per heavy atom. The normalized spacial score (nSPS) is 11.8. The van der Waals surface area contributed by atoms with Gasteiger partial charge in [0.05, 0.1) is 5.56 Å². The minimum atomic E-state index is -4.08. The molecule has 0 aromatic heterocycles. The lowest BCUT2D eigenvalue weighted by Crippen LogP contribution is -2.27. The maximum atomic E-state index is 14.0. The Labute approximate surface area is 125 Å². The Bertz CT molecular complexity index is 616. The van der Waals surface area contributed by atoms with Crippen molar-refractivity contribution in [2.45, 2.75) is 25.2 Å². The monoisotopic (exact) mass is 367 g/mol. The fourth-order valence-corrected chi connectivity index (χ4v) is 3.25. The molecular weight excluding hydrogens is 353 g/mol. The van der Waals surface area contributed by atoms with Crippen molar-refractivity contribution in [3.05, 3.63) is 28.0 Å². The Morgan fingerprint density at radius 2 is 2.05 bits per heavy atom. The van der Waals surface area contributed by atoms with Crippen molar-refractivity contribution in [1.29, 1.82) is 0 Å². The lowest BCUT2D eigenvalue weighted by molar-refractivity contribution is 0.0691. The van der Waals surface area contributed by atoms with Crippen LogP contribution in [0.3, 0.4) is 0 Å². The summed E-state index contributed by atoms with van der Waals surface area (Å²) < 4.78 is 40.4. The molecule has 5 nitrogen and oxygen atoms in total. The highest BCUT2D eigenvalue weighted by Crippen LogP contribution is 2.24. The standard InChI is InChI=1S/C12H15BrFNO4S/c1-7(2)3-4-15-20(18,19)10-6-8(13)5-9(11(10)14)12(16)17/h5-7,15H,3-4H2,1-2H3,(H,16,17). The van der Waals surface area contributed by atoms with Crippen molar-refractivity contribution in [3.8, 4) is 0 Å². The lowest BCUT2D eigenvalue weighted by atomic mass is 10.1. The highest BCUT2D eigenvalue weighted by molar-refractivity contribution is 9.10. The molecule has 0 aliphatic carbocycles. The number of carboxylic acids is 1. The third-order valence-electron chi connectivity index (χ3n) is 2.54. The first kappa shape index (κ1) is 17.1. The van der Waals surface area contributed by atoms with Crippen LogP contribution >= 0.6 is 15.9 Å². The number of carboxylic acid groups (broad SMARTS) is 1. The quantitative estimate of drug-likeness (QED) is 0.809. The molecule has 0 saturated heterocycles. The van der Waals surface area contributed by atoms with Crippen LogP contribution in [0.25, 0.3) is 0 Å². The topological polar surface area (TPSA) is 83.5 Å². The number of carbonyl (C=O) groups is 1. The molecule has 0 bridgehead atoms. The Kier molecular flexibility index (Phi) is 5.67. The van der Waals surface area contributed by atoms with Crippen LogP contribution in [0.15, 0.2) is 21.5 Å². The lowest BCUT2D eigenvalue weighted by Gasteiger charge is -2.10. The van der Waals surface area contributed by atoms with E-state index in [9.17, 15) is 17.6 Å². The number of halogens is 2. The average Bonchev–Trinajstić information content (AvgIpc) is 2.30. The van der Waals surface area contributed by atoms with Gasteiger partial charge in [-0.1, -0.05) is 29.8 Å². The molecule has 1 rings (SSSR count). The van der Waals surface area contributed by atoms with Gasteiger partial charge >= 0.3 is 5.97 Å². The number of sulfonamides is 1. The maximum absolute atomic E-state index is 14.0. The summed E-state index contributed by atoms with van der Waals surface area (Å²) >= 11 is 2.98. The van der Waals surface area contributed by atoms with Gasteiger partial charge < -0.3 is 5.11 Å². The zero-order valence-electron chi connectivity index (χ0n) is 11.0.